The van der Waals surface area contributed by atoms with E-state index in [-0.39, 0.29) is 24.0 Å². The average molecular weight is 407 g/mol. The van der Waals surface area contributed by atoms with Gasteiger partial charge in [0.1, 0.15) is 0 Å². The van der Waals surface area contributed by atoms with Gasteiger partial charge in [-0.05, 0) is 18.1 Å². The molecule has 0 aromatic heterocycles. The molecule has 0 unspecified atom stereocenters. The number of halogens is 1. The van der Waals surface area contributed by atoms with Crippen molar-refractivity contribution in [2.45, 2.75) is 20.1 Å². The molecule has 1 aromatic carbocycles. The van der Waals surface area contributed by atoms with E-state index in [4.69, 9.17) is 9.47 Å². The van der Waals surface area contributed by atoms with Gasteiger partial charge in [-0.3, -0.25) is 0 Å². The molecule has 0 fully saturated rings. The topological polar surface area (TPSA) is 54.9 Å². The SMILES string of the molecule is CCNC(=NCc1ccccc1COC)NCCOC.I. The Balaban J connectivity index is 0.00000400. The second kappa shape index (κ2) is 12.8. The Bertz CT molecular complexity index is 414. The normalized spacial score (nSPS) is 10.9. The van der Waals surface area contributed by atoms with Crippen molar-refractivity contribution in [1.82, 2.24) is 10.6 Å². The summed E-state index contributed by atoms with van der Waals surface area (Å²) in [5.74, 6) is 0.803. The van der Waals surface area contributed by atoms with Crippen molar-refractivity contribution < 1.29 is 9.47 Å². The van der Waals surface area contributed by atoms with Gasteiger partial charge in [0, 0.05) is 27.3 Å². The fraction of sp³-hybridized carbons (Fsp3) is 0.533. The lowest BCUT2D eigenvalue weighted by Crippen LogP contribution is -2.38. The minimum absolute atomic E-state index is 0. The van der Waals surface area contributed by atoms with Crippen molar-refractivity contribution in [3.8, 4) is 0 Å². The third-order valence-corrected chi connectivity index (χ3v) is 2.77. The zero-order valence-corrected chi connectivity index (χ0v) is 15.3. The molecule has 2 N–H and O–H groups in total. The van der Waals surface area contributed by atoms with Crippen LogP contribution in [0.2, 0.25) is 0 Å². The number of rotatable bonds is 8. The van der Waals surface area contributed by atoms with Crippen LogP contribution in [0.1, 0.15) is 18.1 Å². The molecule has 0 aliphatic carbocycles. The Labute approximate surface area is 144 Å². The number of aliphatic imine (C=N–C) groups is 1. The Morgan fingerprint density at radius 2 is 1.81 bits per heavy atom. The first-order valence-corrected chi connectivity index (χ1v) is 6.88. The molecular weight excluding hydrogens is 381 g/mol. The number of nitrogens with one attached hydrogen (secondary N) is 2. The van der Waals surface area contributed by atoms with Gasteiger partial charge in [0.15, 0.2) is 5.96 Å². The smallest absolute Gasteiger partial charge is 0.191 e. The van der Waals surface area contributed by atoms with Crippen LogP contribution >= 0.6 is 24.0 Å². The summed E-state index contributed by atoms with van der Waals surface area (Å²) < 4.78 is 10.2. The summed E-state index contributed by atoms with van der Waals surface area (Å²) in [7, 11) is 3.39. The molecule has 21 heavy (non-hydrogen) atoms. The third kappa shape index (κ3) is 8.23. The van der Waals surface area contributed by atoms with Crippen molar-refractivity contribution in [1.29, 1.82) is 0 Å². The summed E-state index contributed by atoms with van der Waals surface area (Å²) in [6.45, 7) is 5.51. The van der Waals surface area contributed by atoms with Gasteiger partial charge in [-0.15, -0.1) is 24.0 Å². The molecule has 6 heteroatoms. The number of ether oxygens (including phenoxy) is 2. The van der Waals surface area contributed by atoms with Crippen LogP contribution in [0.25, 0.3) is 0 Å². The average Bonchev–Trinajstić information content (AvgIpc) is 2.46. The number of methoxy groups -OCH3 is 2. The van der Waals surface area contributed by atoms with E-state index in [2.05, 4.69) is 27.8 Å². The second-order valence-electron chi connectivity index (χ2n) is 4.32. The fourth-order valence-corrected chi connectivity index (χ4v) is 1.79. The van der Waals surface area contributed by atoms with Crippen LogP contribution in [0.5, 0.6) is 0 Å². The van der Waals surface area contributed by atoms with E-state index in [0.29, 0.717) is 19.8 Å². The molecule has 5 nitrogen and oxygen atoms in total. The summed E-state index contributed by atoms with van der Waals surface area (Å²) in [6.07, 6.45) is 0. The molecule has 0 bridgehead atoms. The third-order valence-electron chi connectivity index (χ3n) is 2.77. The van der Waals surface area contributed by atoms with E-state index in [1.54, 1.807) is 14.2 Å². The van der Waals surface area contributed by atoms with Gasteiger partial charge in [-0.25, -0.2) is 4.99 Å². The molecule has 0 saturated carbocycles. The number of hydrogen-bond donors (Lipinski definition) is 2. The summed E-state index contributed by atoms with van der Waals surface area (Å²) in [5, 5.41) is 6.44. The Morgan fingerprint density at radius 1 is 1.10 bits per heavy atom. The van der Waals surface area contributed by atoms with Gasteiger partial charge >= 0.3 is 0 Å². The highest BCUT2D eigenvalue weighted by atomic mass is 127. The van der Waals surface area contributed by atoms with E-state index in [1.807, 2.05) is 19.1 Å². The first-order valence-electron chi connectivity index (χ1n) is 6.88. The van der Waals surface area contributed by atoms with E-state index in [9.17, 15) is 0 Å². The van der Waals surface area contributed by atoms with Gasteiger partial charge in [0.05, 0.1) is 19.8 Å². The lowest BCUT2D eigenvalue weighted by atomic mass is 10.1. The molecule has 0 amide bonds. The standard InChI is InChI=1S/C15H25N3O2.HI/c1-4-16-15(17-9-10-19-2)18-11-13-7-5-6-8-14(13)12-20-3;/h5-8H,4,9-12H2,1-3H3,(H2,16,17,18);1H. The second-order valence-corrected chi connectivity index (χ2v) is 4.32. The molecule has 0 saturated heterocycles. The highest BCUT2D eigenvalue weighted by Gasteiger charge is 2.02. The van der Waals surface area contributed by atoms with Crippen molar-refractivity contribution in [2.75, 3.05) is 33.9 Å². The molecule has 0 aliphatic heterocycles. The fourth-order valence-electron chi connectivity index (χ4n) is 1.79. The molecule has 0 atom stereocenters. The van der Waals surface area contributed by atoms with E-state index >= 15 is 0 Å². The van der Waals surface area contributed by atoms with Crippen LogP contribution < -0.4 is 10.6 Å². The maximum atomic E-state index is 5.21. The van der Waals surface area contributed by atoms with Crippen LogP contribution in [-0.4, -0.2) is 39.9 Å². The van der Waals surface area contributed by atoms with Gasteiger partial charge in [0.25, 0.3) is 0 Å². The highest BCUT2D eigenvalue weighted by Crippen LogP contribution is 2.10. The molecule has 0 radical (unpaired) electrons. The highest BCUT2D eigenvalue weighted by molar-refractivity contribution is 14.0. The van der Waals surface area contributed by atoms with Crippen LogP contribution in [0, 0.1) is 0 Å². The van der Waals surface area contributed by atoms with E-state index in [1.165, 1.54) is 11.1 Å². The number of nitrogens with zero attached hydrogens (tertiary/aromatic N) is 1. The maximum absolute atomic E-state index is 5.21. The minimum Gasteiger partial charge on any atom is -0.383 e. The summed E-state index contributed by atoms with van der Waals surface area (Å²) in [5.41, 5.74) is 2.35. The predicted octanol–water partition coefficient (Wildman–Crippen LogP) is 2.15. The van der Waals surface area contributed by atoms with E-state index < -0.39 is 0 Å². The zero-order chi connectivity index (χ0) is 14.6. The van der Waals surface area contributed by atoms with Crippen LogP contribution in [0.15, 0.2) is 29.3 Å². The lowest BCUT2D eigenvalue weighted by Gasteiger charge is -2.12. The summed E-state index contributed by atoms with van der Waals surface area (Å²) in [4.78, 5) is 4.58. The summed E-state index contributed by atoms with van der Waals surface area (Å²) >= 11 is 0. The van der Waals surface area contributed by atoms with Gasteiger partial charge in [0.2, 0.25) is 0 Å². The Hall–Kier alpha value is -0.860. The van der Waals surface area contributed by atoms with Gasteiger partial charge in [-0.2, -0.15) is 0 Å². The van der Waals surface area contributed by atoms with E-state index in [0.717, 1.165) is 19.0 Å². The minimum atomic E-state index is 0. The first kappa shape index (κ1) is 20.1. The maximum Gasteiger partial charge on any atom is 0.191 e. The Kier molecular flexibility index (Phi) is 12.3. The van der Waals surface area contributed by atoms with Gasteiger partial charge in [-0.1, -0.05) is 24.3 Å². The van der Waals surface area contributed by atoms with Crippen molar-refractivity contribution >= 4 is 29.9 Å². The zero-order valence-electron chi connectivity index (χ0n) is 13.0. The van der Waals surface area contributed by atoms with Crippen LogP contribution in [-0.2, 0) is 22.6 Å². The largest absolute Gasteiger partial charge is 0.383 e. The number of hydrogen-bond acceptors (Lipinski definition) is 3. The molecule has 0 spiro atoms. The van der Waals surface area contributed by atoms with Crippen molar-refractivity contribution in [3.05, 3.63) is 35.4 Å². The Morgan fingerprint density at radius 3 is 2.43 bits per heavy atom. The van der Waals surface area contributed by atoms with Crippen LogP contribution in [0.4, 0.5) is 0 Å². The first-order chi connectivity index (χ1) is 9.81. The molecular formula is C15H26IN3O2. The molecule has 0 heterocycles. The quantitative estimate of drug-likeness (QED) is 0.300. The number of guanidine groups is 1. The monoisotopic (exact) mass is 407 g/mol. The predicted molar refractivity (Wildman–Crippen MR) is 97.3 cm³/mol. The van der Waals surface area contributed by atoms with Crippen LogP contribution in [0.3, 0.4) is 0 Å². The van der Waals surface area contributed by atoms with Crippen molar-refractivity contribution in [3.63, 3.8) is 0 Å². The molecule has 120 valence electrons. The van der Waals surface area contributed by atoms with Crippen molar-refractivity contribution in [2.24, 2.45) is 4.99 Å². The molecule has 0 aliphatic rings. The lowest BCUT2D eigenvalue weighted by molar-refractivity contribution is 0.184. The van der Waals surface area contributed by atoms with Gasteiger partial charge < -0.3 is 20.1 Å². The molecule has 1 rings (SSSR count). The number of benzene rings is 1. The molecule has 1 aromatic rings. The summed E-state index contributed by atoms with van der Waals surface area (Å²) in [6, 6.07) is 8.19.